The zero-order valence-electron chi connectivity index (χ0n) is 6.17. The number of aliphatic hydroxyl groups is 1. The first-order valence-corrected chi connectivity index (χ1v) is 3.76. The van der Waals surface area contributed by atoms with Crippen LogP contribution >= 0.6 is 11.6 Å². The summed E-state index contributed by atoms with van der Waals surface area (Å²) >= 11 is 5.53. The van der Waals surface area contributed by atoms with Gasteiger partial charge in [-0.1, -0.05) is 23.7 Å². The smallest absolute Gasteiger partial charge is 0.140 e. The second-order valence-electron chi connectivity index (χ2n) is 2.35. The highest BCUT2D eigenvalue weighted by Gasteiger charge is 2.13. The molecule has 66 valence electrons. The summed E-state index contributed by atoms with van der Waals surface area (Å²) in [6.45, 7) is -0.937. The van der Waals surface area contributed by atoms with Crippen molar-refractivity contribution < 1.29 is 14.6 Å². The second-order valence-corrected chi connectivity index (χ2v) is 2.75. The number of hydrogen-bond donors (Lipinski definition) is 2. The molecule has 0 spiro atoms. The number of aromatic hydroxyl groups is 1. The van der Waals surface area contributed by atoms with Crippen molar-refractivity contribution in [3.8, 4) is 5.75 Å². The van der Waals surface area contributed by atoms with E-state index in [0.29, 0.717) is 0 Å². The van der Waals surface area contributed by atoms with E-state index in [0.717, 1.165) is 0 Å². The van der Waals surface area contributed by atoms with Crippen LogP contribution in [0, 0.1) is 0 Å². The number of rotatable bonds is 2. The maximum atomic E-state index is 12.0. The van der Waals surface area contributed by atoms with Crippen LogP contribution in [0.2, 0.25) is 5.02 Å². The lowest BCUT2D eigenvalue weighted by Gasteiger charge is -2.08. The Morgan fingerprint density at radius 2 is 2.17 bits per heavy atom. The zero-order valence-corrected chi connectivity index (χ0v) is 6.92. The Hall–Kier alpha value is -0.800. The van der Waals surface area contributed by atoms with Crippen LogP contribution in [-0.4, -0.2) is 16.9 Å². The highest BCUT2D eigenvalue weighted by molar-refractivity contribution is 6.32. The summed E-state index contributed by atoms with van der Waals surface area (Å²) in [4.78, 5) is 0. The standard InChI is InChI=1S/C8H8ClFO2/c9-6-3-1-2-5(8(6)12)7(11)4-10/h1-3,7,11-12H,4H2. The fourth-order valence-corrected chi connectivity index (χ4v) is 1.07. The van der Waals surface area contributed by atoms with Crippen LogP contribution in [-0.2, 0) is 0 Å². The molecule has 1 aromatic carbocycles. The highest BCUT2D eigenvalue weighted by Crippen LogP contribution is 2.31. The fourth-order valence-electron chi connectivity index (χ4n) is 0.884. The minimum absolute atomic E-state index is 0.111. The van der Waals surface area contributed by atoms with Crippen LogP contribution in [0.1, 0.15) is 11.7 Å². The van der Waals surface area contributed by atoms with Crippen molar-refractivity contribution in [2.45, 2.75) is 6.10 Å². The summed E-state index contributed by atoms with van der Waals surface area (Å²) in [5.74, 6) is -0.260. The van der Waals surface area contributed by atoms with Gasteiger partial charge in [0.1, 0.15) is 18.5 Å². The van der Waals surface area contributed by atoms with E-state index in [9.17, 15) is 9.50 Å². The molecular weight excluding hydrogens is 183 g/mol. The number of benzene rings is 1. The number of alkyl halides is 1. The number of para-hydroxylation sites is 1. The summed E-state index contributed by atoms with van der Waals surface area (Å²) < 4.78 is 12.0. The molecule has 1 atom stereocenters. The largest absolute Gasteiger partial charge is 0.506 e. The van der Waals surface area contributed by atoms with Crippen molar-refractivity contribution in [3.63, 3.8) is 0 Å². The van der Waals surface area contributed by atoms with E-state index in [4.69, 9.17) is 16.7 Å². The maximum absolute atomic E-state index is 12.0. The highest BCUT2D eigenvalue weighted by atomic mass is 35.5. The predicted molar refractivity (Wildman–Crippen MR) is 44.1 cm³/mol. The Morgan fingerprint density at radius 1 is 1.50 bits per heavy atom. The molecule has 1 unspecified atom stereocenters. The zero-order chi connectivity index (χ0) is 9.14. The van der Waals surface area contributed by atoms with Gasteiger partial charge >= 0.3 is 0 Å². The molecule has 0 aromatic heterocycles. The van der Waals surface area contributed by atoms with Gasteiger partial charge in [0, 0.05) is 5.56 Å². The normalized spacial score (nSPS) is 12.9. The Morgan fingerprint density at radius 3 is 2.75 bits per heavy atom. The first-order chi connectivity index (χ1) is 5.66. The molecule has 0 radical (unpaired) electrons. The average Bonchev–Trinajstić information content (AvgIpc) is 2.08. The summed E-state index contributed by atoms with van der Waals surface area (Å²) in [5.41, 5.74) is 0.116. The molecule has 0 aliphatic carbocycles. The minimum atomic E-state index is -1.30. The van der Waals surface area contributed by atoms with Gasteiger partial charge in [0.2, 0.25) is 0 Å². The molecule has 0 heterocycles. The number of aliphatic hydroxyl groups excluding tert-OH is 1. The summed E-state index contributed by atoms with van der Waals surface area (Å²) in [7, 11) is 0. The van der Waals surface area contributed by atoms with Gasteiger partial charge in [-0.2, -0.15) is 0 Å². The molecule has 2 N–H and O–H groups in total. The van der Waals surface area contributed by atoms with E-state index < -0.39 is 12.8 Å². The Labute approximate surface area is 74.2 Å². The first kappa shape index (κ1) is 9.29. The van der Waals surface area contributed by atoms with Crippen molar-refractivity contribution in [1.29, 1.82) is 0 Å². The van der Waals surface area contributed by atoms with Crippen LogP contribution in [0.4, 0.5) is 4.39 Å². The van der Waals surface area contributed by atoms with Crippen LogP contribution in [0.25, 0.3) is 0 Å². The number of phenolic OH excluding ortho intramolecular Hbond substituents is 1. The van der Waals surface area contributed by atoms with Gasteiger partial charge in [0.15, 0.2) is 0 Å². The van der Waals surface area contributed by atoms with Gasteiger partial charge in [-0.05, 0) is 6.07 Å². The SMILES string of the molecule is Oc1c(Cl)cccc1C(O)CF. The summed E-state index contributed by atoms with van der Waals surface area (Å²) in [5, 5.41) is 18.4. The van der Waals surface area contributed by atoms with Gasteiger partial charge in [-0.15, -0.1) is 0 Å². The topological polar surface area (TPSA) is 40.5 Å². The average molecular weight is 191 g/mol. The quantitative estimate of drug-likeness (QED) is 0.750. The Kier molecular flexibility index (Phi) is 2.89. The van der Waals surface area contributed by atoms with E-state index in [1.165, 1.54) is 18.2 Å². The van der Waals surface area contributed by atoms with Gasteiger partial charge < -0.3 is 10.2 Å². The Balaban J connectivity index is 3.07. The molecule has 0 aliphatic heterocycles. The number of halogens is 2. The van der Waals surface area contributed by atoms with Crippen LogP contribution in [0.5, 0.6) is 5.75 Å². The Bertz CT molecular complexity index is 278. The molecule has 0 bridgehead atoms. The molecule has 0 saturated carbocycles. The molecule has 0 aliphatic rings. The van der Waals surface area contributed by atoms with Crippen molar-refractivity contribution in [1.82, 2.24) is 0 Å². The second kappa shape index (κ2) is 3.74. The lowest BCUT2D eigenvalue weighted by Crippen LogP contribution is -1.99. The fraction of sp³-hybridized carbons (Fsp3) is 0.250. The van der Waals surface area contributed by atoms with Crippen LogP contribution < -0.4 is 0 Å². The lowest BCUT2D eigenvalue weighted by molar-refractivity contribution is 0.138. The molecule has 1 aromatic rings. The van der Waals surface area contributed by atoms with Gasteiger partial charge in [-0.3, -0.25) is 0 Å². The van der Waals surface area contributed by atoms with E-state index >= 15 is 0 Å². The van der Waals surface area contributed by atoms with E-state index in [-0.39, 0.29) is 16.3 Å². The minimum Gasteiger partial charge on any atom is -0.506 e. The number of hydrogen-bond acceptors (Lipinski definition) is 2. The van der Waals surface area contributed by atoms with E-state index in [1.54, 1.807) is 0 Å². The summed E-state index contributed by atoms with van der Waals surface area (Å²) in [6.07, 6.45) is -1.30. The van der Waals surface area contributed by atoms with Gasteiger partial charge in [-0.25, -0.2) is 4.39 Å². The molecule has 12 heavy (non-hydrogen) atoms. The lowest BCUT2D eigenvalue weighted by atomic mass is 10.1. The van der Waals surface area contributed by atoms with E-state index in [1.807, 2.05) is 0 Å². The molecule has 0 saturated heterocycles. The van der Waals surface area contributed by atoms with Crippen molar-refractivity contribution in [2.75, 3.05) is 6.67 Å². The third-order valence-corrected chi connectivity index (χ3v) is 1.83. The first-order valence-electron chi connectivity index (χ1n) is 3.38. The predicted octanol–water partition coefficient (Wildman–Crippen LogP) is 2.05. The molecule has 4 heteroatoms. The van der Waals surface area contributed by atoms with Gasteiger partial charge in [0.25, 0.3) is 0 Å². The van der Waals surface area contributed by atoms with Crippen LogP contribution in [0.15, 0.2) is 18.2 Å². The molecular formula is C8H8ClFO2. The molecule has 0 amide bonds. The third kappa shape index (κ3) is 1.68. The van der Waals surface area contributed by atoms with E-state index in [2.05, 4.69) is 0 Å². The van der Waals surface area contributed by atoms with Gasteiger partial charge in [0.05, 0.1) is 5.02 Å². The molecule has 0 fully saturated rings. The number of phenols is 1. The molecule has 2 nitrogen and oxygen atoms in total. The van der Waals surface area contributed by atoms with Crippen molar-refractivity contribution >= 4 is 11.6 Å². The summed E-state index contributed by atoms with van der Waals surface area (Å²) in [6, 6.07) is 4.42. The molecule has 1 rings (SSSR count). The maximum Gasteiger partial charge on any atom is 0.140 e. The van der Waals surface area contributed by atoms with Crippen molar-refractivity contribution in [3.05, 3.63) is 28.8 Å². The third-order valence-electron chi connectivity index (χ3n) is 1.52. The van der Waals surface area contributed by atoms with Crippen LogP contribution in [0.3, 0.4) is 0 Å². The monoisotopic (exact) mass is 190 g/mol. The van der Waals surface area contributed by atoms with Crippen molar-refractivity contribution in [2.24, 2.45) is 0 Å².